The fraction of sp³-hybridized carbons (Fsp3) is 0.520. The van der Waals surface area contributed by atoms with E-state index >= 15 is 0 Å². The van der Waals surface area contributed by atoms with Crippen LogP contribution in [0.1, 0.15) is 24.8 Å². The number of anilines is 1. The Morgan fingerprint density at radius 1 is 0.933 bits per heavy atom. The Morgan fingerprint density at radius 3 is 2.50 bits per heavy atom. The van der Waals surface area contributed by atoms with Crippen molar-refractivity contribution in [2.24, 2.45) is 11.8 Å². The molecule has 3 fully saturated rings. The number of likely N-dealkylation sites (tertiary alicyclic amines) is 2. The van der Waals surface area contributed by atoms with E-state index in [0.717, 1.165) is 57.8 Å². The van der Waals surface area contributed by atoms with E-state index in [9.17, 15) is 4.79 Å². The molecule has 2 atom stereocenters. The smallest absolute Gasteiger partial charge is 0.236 e. The minimum atomic E-state index is 0.324. The van der Waals surface area contributed by atoms with Crippen molar-refractivity contribution in [3.05, 3.63) is 60.3 Å². The van der Waals surface area contributed by atoms with Crippen molar-refractivity contribution < 1.29 is 4.79 Å². The molecule has 3 saturated heterocycles. The number of amides is 1. The van der Waals surface area contributed by atoms with Crippen LogP contribution in [0.4, 0.5) is 5.82 Å². The lowest BCUT2D eigenvalue weighted by Crippen LogP contribution is -2.46. The molecule has 2 aromatic rings. The molecule has 5 heteroatoms. The maximum atomic E-state index is 13.0. The SMILES string of the molecule is O=C(CN1CCC2CN(c3ccccn3)CC21)N1CCC(Cc2ccccc2)CC1. The Morgan fingerprint density at radius 2 is 1.73 bits per heavy atom. The van der Waals surface area contributed by atoms with Crippen LogP contribution in [-0.4, -0.2) is 66.0 Å². The van der Waals surface area contributed by atoms with Gasteiger partial charge in [0.1, 0.15) is 5.82 Å². The Balaban J connectivity index is 1.11. The first-order valence-corrected chi connectivity index (χ1v) is 11.5. The third-order valence-electron chi connectivity index (χ3n) is 7.31. The molecule has 1 aromatic heterocycles. The van der Waals surface area contributed by atoms with Gasteiger partial charge in [-0.3, -0.25) is 9.69 Å². The van der Waals surface area contributed by atoms with Gasteiger partial charge in [-0.15, -0.1) is 0 Å². The van der Waals surface area contributed by atoms with Crippen LogP contribution in [0, 0.1) is 11.8 Å². The number of hydrogen-bond acceptors (Lipinski definition) is 4. The minimum absolute atomic E-state index is 0.324. The number of fused-ring (bicyclic) bond motifs is 1. The first-order valence-electron chi connectivity index (χ1n) is 11.5. The van der Waals surface area contributed by atoms with Gasteiger partial charge in [0.15, 0.2) is 0 Å². The van der Waals surface area contributed by atoms with Crippen molar-refractivity contribution in [3.63, 3.8) is 0 Å². The highest BCUT2D eigenvalue weighted by molar-refractivity contribution is 5.78. The summed E-state index contributed by atoms with van der Waals surface area (Å²) in [6, 6.07) is 17.4. The predicted molar refractivity (Wildman–Crippen MR) is 119 cm³/mol. The fourth-order valence-electron chi connectivity index (χ4n) is 5.58. The molecular formula is C25H32N4O. The molecule has 5 rings (SSSR count). The van der Waals surface area contributed by atoms with E-state index in [1.165, 1.54) is 12.0 Å². The fourth-order valence-corrected chi connectivity index (χ4v) is 5.58. The zero-order valence-corrected chi connectivity index (χ0v) is 17.7. The lowest BCUT2D eigenvalue weighted by Gasteiger charge is -2.34. The second-order valence-electron chi connectivity index (χ2n) is 9.19. The summed E-state index contributed by atoms with van der Waals surface area (Å²) >= 11 is 0. The van der Waals surface area contributed by atoms with Crippen LogP contribution in [0.3, 0.4) is 0 Å². The monoisotopic (exact) mass is 404 g/mol. The summed E-state index contributed by atoms with van der Waals surface area (Å²) in [7, 11) is 0. The van der Waals surface area contributed by atoms with Gasteiger partial charge in [-0.1, -0.05) is 36.4 Å². The lowest BCUT2D eigenvalue weighted by molar-refractivity contribution is -0.134. The minimum Gasteiger partial charge on any atom is -0.355 e. The second-order valence-corrected chi connectivity index (χ2v) is 9.19. The molecule has 1 amide bonds. The van der Waals surface area contributed by atoms with Gasteiger partial charge in [-0.25, -0.2) is 4.98 Å². The summed E-state index contributed by atoms with van der Waals surface area (Å²) in [4.78, 5) is 24.5. The number of benzene rings is 1. The maximum absolute atomic E-state index is 13.0. The topological polar surface area (TPSA) is 39.7 Å². The number of carbonyl (C=O) groups is 1. The molecule has 1 aromatic carbocycles. The Kier molecular flexibility index (Phi) is 5.71. The molecule has 0 radical (unpaired) electrons. The zero-order chi connectivity index (χ0) is 20.3. The molecule has 3 aliphatic rings. The molecule has 0 spiro atoms. The van der Waals surface area contributed by atoms with E-state index in [-0.39, 0.29) is 0 Å². The van der Waals surface area contributed by atoms with Crippen molar-refractivity contribution in [2.75, 3.05) is 44.2 Å². The summed E-state index contributed by atoms with van der Waals surface area (Å²) in [6.45, 7) is 5.53. The third kappa shape index (κ3) is 4.22. The number of pyridine rings is 1. The number of piperidine rings is 1. The average Bonchev–Trinajstić information content (AvgIpc) is 3.38. The van der Waals surface area contributed by atoms with Crippen LogP contribution in [0.15, 0.2) is 54.7 Å². The van der Waals surface area contributed by atoms with Gasteiger partial charge in [-0.05, 0) is 61.8 Å². The van der Waals surface area contributed by atoms with Gasteiger partial charge in [0.2, 0.25) is 5.91 Å². The number of carbonyl (C=O) groups excluding carboxylic acids is 1. The summed E-state index contributed by atoms with van der Waals surface area (Å²) in [5.41, 5.74) is 1.42. The van der Waals surface area contributed by atoms with Crippen LogP contribution in [0.25, 0.3) is 0 Å². The molecule has 30 heavy (non-hydrogen) atoms. The average molecular weight is 405 g/mol. The van der Waals surface area contributed by atoms with Gasteiger partial charge >= 0.3 is 0 Å². The normalized spacial score (nSPS) is 24.9. The molecule has 0 saturated carbocycles. The van der Waals surface area contributed by atoms with Gasteiger partial charge in [-0.2, -0.15) is 0 Å². The lowest BCUT2D eigenvalue weighted by atomic mass is 9.90. The Hall–Kier alpha value is -2.40. The van der Waals surface area contributed by atoms with Crippen molar-refractivity contribution >= 4 is 11.7 Å². The molecule has 3 aliphatic heterocycles. The van der Waals surface area contributed by atoms with Gasteiger partial charge < -0.3 is 9.80 Å². The van der Waals surface area contributed by atoms with Crippen molar-refractivity contribution in [1.29, 1.82) is 0 Å². The summed E-state index contributed by atoms with van der Waals surface area (Å²) in [5.74, 6) is 2.76. The highest BCUT2D eigenvalue weighted by atomic mass is 16.2. The van der Waals surface area contributed by atoms with Crippen LogP contribution < -0.4 is 4.90 Å². The summed E-state index contributed by atoms with van der Waals surface area (Å²) in [6.07, 6.45) is 6.45. The molecule has 0 aliphatic carbocycles. The number of nitrogens with zero attached hydrogens (tertiary/aromatic N) is 4. The van der Waals surface area contributed by atoms with Crippen molar-refractivity contribution in [1.82, 2.24) is 14.8 Å². The highest BCUT2D eigenvalue weighted by Gasteiger charge is 2.42. The van der Waals surface area contributed by atoms with E-state index in [4.69, 9.17) is 0 Å². The van der Waals surface area contributed by atoms with Crippen LogP contribution in [0.5, 0.6) is 0 Å². The third-order valence-corrected chi connectivity index (χ3v) is 7.31. The first-order chi connectivity index (χ1) is 14.8. The van der Waals surface area contributed by atoms with E-state index in [0.29, 0.717) is 30.3 Å². The van der Waals surface area contributed by atoms with E-state index in [1.807, 2.05) is 12.3 Å². The zero-order valence-electron chi connectivity index (χ0n) is 17.7. The molecule has 0 N–H and O–H groups in total. The summed E-state index contributed by atoms with van der Waals surface area (Å²) in [5, 5.41) is 0. The van der Waals surface area contributed by atoms with Crippen LogP contribution in [-0.2, 0) is 11.2 Å². The molecular weight excluding hydrogens is 372 g/mol. The largest absolute Gasteiger partial charge is 0.355 e. The molecule has 158 valence electrons. The van der Waals surface area contributed by atoms with E-state index < -0.39 is 0 Å². The molecule has 2 unspecified atom stereocenters. The number of rotatable bonds is 5. The standard InChI is InChI=1S/C25H32N4O/c30-25(27-13-9-21(10-14-27)16-20-6-2-1-3-7-20)19-28-15-11-22-17-29(18-23(22)28)24-8-4-5-12-26-24/h1-8,12,21-23H,9-11,13-19H2. The Labute approximate surface area is 179 Å². The molecule has 4 heterocycles. The quantitative estimate of drug-likeness (QED) is 0.768. The van der Waals surface area contributed by atoms with Crippen LogP contribution in [0.2, 0.25) is 0 Å². The second kappa shape index (κ2) is 8.76. The van der Waals surface area contributed by atoms with Crippen molar-refractivity contribution in [2.45, 2.75) is 31.7 Å². The van der Waals surface area contributed by atoms with Crippen molar-refractivity contribution in [3.8, 4) is 0 Å². The molecule has 0 bridgehead atoms. The number of aromatic nitrogens is 1. The highest BCUT2D eigenvalue weighted by Crippen LogP contribution is 2.33. The van der Waals surface area contributed by atoms with E-state index in [1.54, 1.807) is 0 Å². The Bertz CT molecular complexity index is 835. The molecule has 5 nitrogen and oxygen atoms in total. The predicted octanol–water partition coefficient (Wildman–Crippen LogP) is 3.07. The van der Waals surface area contributed by atoms with Gasteiger partial charge in [0, 0.05) is 38.4 Å². The first kappa shape index (κ1) is 19.6. The number of hydrogen-bond donors (Lipinski definition) is 0. The maximum Gasteiger partial charge on any atom is 0.236 e. The van der Waals surface area contributed by atoms with E-state index in [2.05, 4.69) is 62.1 Å². The van der Waals surface area contributed by atoms with Crippen LogP contribution >= 0.6 is 0 Å². The van der Waals surface area contributed by atoms with Gasteiger partial charge in [0.25, 0.3) is 0 Å². The van der Waals surface area contributed by atoms with Gasteiger partial charge in [0.05, 0.1) is 6.54 Å². The summed E-state index contributed by atoms with van der Waals surface area (Å²) < 4.78 is 0.